The van der Waals surface area contributed by atoms with Crippen molar-refractivity contribution >= 4 is 0 Å². The number of rotatable bonds is 6. The van der Waals surface area contributed by atoms with Gasteiger partial charge in [-0.25, -0.2) is 0 Å². The lowest BCUT2D eigenvalue weighted by Gasteiger charge is -2.70. The Hall–Kier alpha value is -0.160. The highest BCUT2D eigenvalue weighted by Crippen LogP contribution is 2.75. The molecule has 0 aliphatic heterocycles. The van der Waals surface area contributed by atoms with Crippen molar-refractivity contribution in [3.05, 3.63) is 0 Å². The van der Waals surface area contributed by atoms with Crippen LogP contribution < -0.4 is 0 Å². The van der Waals surface area contributed by atoms with E-state index in [1.54, 1.807) is 7.11 Å². The van der Waals surface area contributed by atoms with Crippen LogP contribution in [0, 0.1) is 45.3 Å². The van der Waals surface area contributed by atoms with Crippen LogP contribution >= 0.6 is 0 Å². The minimum absolute atomic E-state index is 0.0317. The Morgan fingerprint density at radius 1 is 0.829 bits per heavy atom. The lowest BCUT2D eigenvalue weighted by atomic mass is 9.35. The smallest absolute Gasteiger partial charge is 0.0651 e. The molecule has 35 heavy (non-hydrogen) atoms. The molecule has 0 amide bonds. The van der Waals surface area contributed by atoms with E-state index >= 15 is 0 Å². The molecule has 0 aromatic rings. The largest absolute Gasteiger partial charge is 0.393 e. The third kappa shape index (κ3) is 4.07. The summed E-state index contributed by atoms with van der Waals surface area (Å²) in [6.07, 6.45) is 9.25. The van der Waals surface area contributed by atoms with E-state index in [2.05, 4.69) is 48.5 Å². The molecule has 4 rings (SSSR count). The summed E-state index contributed by atoms with van der Waals surface area (Å²) in [4.78, 5) is 0. The molecule has 2 unspecified atom stereocenters. The maximum Gasteiger partial charge on any atom is 0.0651 e. The zero-order valence-electron chi connectivity index (χ0n) is 24.3. The Labute approximate surface area is 215 Å². The molecular formula is C31H56O4. The molecule has 10 atom stereocenters. The Balaban J connectivity index is 1.60. The van der Waals surface area contributed by atoms with Crippen LogP contribution in [0.1, 0.15) is 120 Å². The van der Waals surface area contributed by atoms with E-state index in [1.807, 2.05) is 6.92 Å². The predicted molar refractivity (Wildman–Crippen MR) is 142 cm³/mol. The van der Waals surface area contributed by atoms with Crippen molar-refractivity contribution in [3.63, 3.8) is 0 Å². The highest BCUT2D eigenvalue weighted by molar-refractivity contribution is 5.19. The summed E-state index contributed by atoms with van der Waals surface area (Å²) in [5.74, 6) is 1.24. The SMILES string of the molecule is COC(C)(C)CCC[C@](C)(O)[C@H]1CC[C@]2(C)C1[C@H](O)C[C@@H]1[C@@]3(C)CC[C@H](O)C(C)(C)C3CC[C@]12C. The van der Waals surface area contributed by atoms with Gasteiger partial charge in [0.25, 0.3) is 0 Å². The fraction of sp³-hybridized carbons (Fsp3) is 1.00. The second-order valence-electron chi connectivity index (χ2n) is 15.5. The second kappa shape index (κ2) is 8.68. The molecule has 3 N–H and O–H groups in total. The van der Waals surface area contributed by atoms with E-state index in [-0.39, 0.29) is 51.3 Å². The highest BCUT2D eigenvalue weighted by Gasteiger charge is 2.71. The number of aliphatic hydroxyl groups excluding tert-OH is 2. The maximum absolute atomic E-state index is 11.8. The molecule has 4 fully saturated rings. The van der Waals surface area contributed by atoms with Crippen LogP contribution in [-0.4, -0.2) is 45.8 Å². The quantitative estimate of drug-likeness (QED) is 0.404. The lowest BCUT2D eigenvalue weighted by molar-refractivity contribution is -0.246. The molecule has 0 heterocycles. The maximum atomic E-state index is 11.8. The molecule has 0 aromatic heterocycles. The van der Waals surface area contributed by atoms with Crippen molar-refractivity contribution in [2.24, 2.45) is 45.3 Å². The lowest BCUT2D eigenvalue weighted by Crippen LogP contribution is -2.66. The molecule has 4 saturated carbocycles. The molecule has 0 aromatic carbocycles. The fourth-order valence-electron chi connectivity index (χ4n) is 10.6. The van der Waals surface area contributed by atoms with Crippen molar-refractivity contribution in [3.8, 4) is 0 Å². The van der Waals surface area contributed by atoms with Gasteiger partial charge in [-0.2, -0.15) is 0 Å². The van der Waals surface area contributed by atoms with Crippen molar-refractivity contribution < 1.29 is 20.1 Å². The van der Waals surface area contributed by atoms with Crippen LogP contribution in [0.5, 0.6) is 0 Å². The van der Waals surface area contributed by atoms with Gasteiger partial charge in [0.15, 0.2) is 0 Å². The zero-order chi connectivity index (χ0) is 26.2. The molecule has 4 heteroatoms. The summed E-state index contributed by atoms with van der Waals surface area (Å²) >= 11 is 0. The summed E-state index contributed by atoms with van der Waals surface area (Å²) in [5.41, 5.74) is -0.672. The van der Waals surface area contributed by atoms with Gasteiger partial charge in [0.05, 0.1) is 23.4 Å². The van der Waals surface area contributed by atoms with Crippen molar-refractivity contribution in [2.45, 2.75) is 143 Å². The summed E-state index contributed by atoms with van der Waals surface area (Å²) in [6.45, 7) is 18.3. The first-order valence-electron chi connectivity index (χ1n) is 14.6. The normalized spacial score (nSPS) is 49.0. The van der Waals surface area contributed by atoms with Crippen LogP contribution in [-0.2, 0) is 4.74 Å². The third-order valence-electron chi connectivity index (χ3n) is 13.2. The molecule has 0 bridgehead atoms. The van der Waals surface area contributed by atoms with E-state index in [9.17, 15) is 15.3 Å². The van der Waals surface area contributed by atoms with Crippen LogP contribution in [0.3, 0.4) is 0 Å². The van der Waals surface area contributed by atoms with Gasteiger partial charge in [0, 0.05) is 7.11 Å². The van der Waals surface area contributed by atoms with Crippen molar-refractivity contribution in [1.29, 1.82) is 0 Å². The molecule has 4 aliphatic rings. The number of hydrogen-bond acceptors (Lipinski definition) is 4. The van der Waals surface area contributed by atoms with Crippen molar-refractivity contribution in [1.82, 2.24) is 0 Å². The Morgan fingerprint density at radius 2 is 1.46 bits per heavy atom. The van der Waals surface area contributed by atoms with Gasteiger partial charge in [0.2, 0.25) is 0 Å². The standard InChI is InChI=1S/C31H56O4/c1-26(2,35-9)14-10-15-31(8,34)20-11-17-30(7)25(20)21(32)19-23-28(5)16-13-24(33)27(3,4)22(28)12-18-29(23,30)6/h20-25,32-34H,10-19H2,1-9H3/t20-,21+,22?,23+,24-,25?,28-,29+,30+,31-/m0/s1. The van der Waals surface area contributed by atoms with Crippen LogP contribution in [0.2, 0.25) is 0 Å². The van der Waals surface area contributed by atoms with Crippen LogP contribution in [0.4, 0.5) is 0 Å². The molecule has 0 saturated heterocycles. The van der Waals surface area contributed by atoms with Crippen LogP contribution in [0.15, 0.2) is 0 Å². The minimum atomic E-state index is -0.769. The average molecular weight is 493 g/mol. The van der Waals surface area contributed by atoms with Gasteiger partial charge in [-0.1, -0.05) is 34.6 Å². The summed E-state index contributed by atoms with van der Waals surface area (Å²) in [6, 6.07) is 0. The van der Waals surface area contributed by atoms with Gasteiger partial charge in [-0.3, -0.25) is 0 Å². The van der Waals surface area contributed by atoms with E-state index in [0.29, 0.717) is 11.8 Å². The first kappa shape index (κ1) is 27.9. The van der Waals surface area contributed by atoms with Gasteiger partial charge < -0.3 is 20.1 Å². The first-order valence-corrected chi connectivity index (χ1v) is 14.6. The number of fused-ring (bicyclic) bond motifs is 5. The number of hydrogen-bond donors (Lipinski definition) is 3. The molecule has 0 spiro atoms. The second-order valence-corrected chi connectivity index (χ2v) is 15.5. The van der Waals surface area contributed by atoms with Gasteiger partial charge in [-0.15, -0.1) is 0 Å². The number of aliphatic hydroxyl groups is 3. The fourth-order valence-corrected chi connectivity index (χ4v) is 10.6. The zero-order valence-corrected chi connectivity index (χ0v) is 24.3. The van der Waals surface area contributed by atoms with E-state index in [0.717, 1.165) is 51.4 Å². The topological polar surface area (TPSA) is 69.9 Å². The molecule has 4 nitrogen and oxygen atoms in total. The number of ether oxygens (including phenoxy) is 1. The highest BCUT2D eigenvalue weighted by atomic mass is 16.5. The molecule has 0 radical (unpaired) electrons. The summed E-state index contributed by atoms with van der Waals surface area (Å²) < 4.78 is 5.61. The average Bonchev–Trinajstić information content (AvgIpc) is 3.14. The van der Waals surface area contributed by atoms with E-state index in [1.165, 1.54) is 12.8 Å². The molecule has 204 valence electrons. The Bertz CT molecular complexity index is 789. The Kier molecular flexibility index (Phi) is 6.91. The Morgan fingerprint density at radius 3 is 2.09 bits per heavy atom. The van der Waals surface area contributed by atoms with E-state index in [4.69, 9.17) is 4.74 Å². The first-order chi connectivity index (χ1) is 16.0. The van der Waals surface area contributed by atoms with Crippen molar-refractivity contribution in [2.75, 3.05) is 7.11 Å². The minimum Gasteiger partial charge on any atom is -0.393 e. The van der Waals surface area contributed by atoms with Gasteiger partial charge in [-0.05, 0) is 130 Å². The molecule has 4 aliphatic carbocycles. The summed E-state index contributed by atoms with van der Waals surface area (Å²) in [5, 5.41) is 34.5. The third-order valence-corrected chi connectivity index (χ3v) is 13.2. The predicted octanol–water partition coefficient (Wildman–Crippen LogP) is 6.35. The summed E-state index contributed by atoms with van der Waals surface area (Å²) in [7, 11) is 1.76. The number of methoxy groups -OCH3 is 1. The van der Waals surface area contributed by atoms with Crippen LogP contribution in [0.25, 0.3) is 0 Å². The van der Waals surface area contributed by atoms with Gasteiger partial charge >= 0.3 is 0 Å². The van der Waals surface area contributed by atoms with E-state index < -0.39 is 5.60 Å². The van der Waals surface area contributed by atoms with Gasteiger partial charge in [0.1, 0.15) is 0 Å². The molecular weight excluding hydrogens is 436 g/mol. The monoisotopic (exact) mass is 492 g/mol.